The van der Waals surface area contributed by atoms with Gasteiger partial charge in [-0.1, -0.05) is 12.1 Å². The molecule has 0 spiro atoms. The number of esters is 1. The lowest BCUT2D eigenvalue weighted by molar-refractivity contribution is -0.274. The largest absolute Gasteiger partial charge is 0.573 e. The number of carbonyl (C=O) groups is 1. The summed E-state index contributed by atoms with van der Waals surface area (Å²) >= 11 is 0. The zero-order valence-corrected chi connectivity index (χ0v) is 16.9. The Morgan fingerprint density at radius 3 is 2.42 bits per heavy atom. The highest BCUT2D eigenvalue weighted by atomic mass is 19.4. The molecule has 7 nitrogen and oxygen atoms in total. The summed E-state index contributed by atoms with van der Waals surface area (Å²) < 4.78 is 52.8. The maximum absolute atomic E-state index is 13.1. The first kappa shape index (κ1) is 22.3. The minimum atomic E-state index is -4.83. The molecule has 31 heavy (non-hydrogen) atoms. The van der Waals surface area contributed by atoms with Crippen LogP contribution in [0.25, 0.3) is 16.6 Å². The average molecular weight is 436 g/mol. The Labute approximate surface area is 175 Å². The van der Waals surface area contributed by atoms with Gasteiger partial charge in [0.1, 0.15) is 5.75 Å². The van der Waals surface area contributed by atoms with E-state index in [-0.39, 0.29) is 5.39 Å². The van der Waals surface area contributed by atoms with E-state index >= 15 is 0 Å². The molecule has 0 aliphatic heterocycles. The number of carbonyl (C=O) groups excluding carboxylic acids is 1. The van der Waals surface area contributed by atoms with Crippen LogP contribution in [-0.2, 0) is 9.47 Å². The van der Waals surface area contributed by atoms with Gasteiger partial charge < -0.3 is 14.2 Å². The van der Waals surface area contributed by atoms with Crippen LogP contribution in [0.3, 0.4) is 0 Å². The summed E-state index contributed by atoms with van der Waals surface area (Å²) in [5, 5.41) is 4.32. The van der Waals surface area contributed by atoms with Crippen molar-refractivity contribution in [1.82, 2.24) is 9.78 Å². The first-order valence-electron chi connectivity index (χ1n) is 9.28. The summed E-state index contributed by atoms with van der Waals surface area (Å²) in [5.74, 6) is -1.35. The van der Waals surface area contributed by atoms with Crippen molar-refractivity contribution in [2.24, 2.45) is 0 Å². The number of benzene rings is 2. The van der Waals surface area contributed by atoms with Gasteiger partial charge >= 0.3 is 12.3 Å². The lowest BCUT2D eigenvalue weighted by Crippen LogP contribution is -2.24. The molecule has 1 unspecified atom stereocenters. The van der Waals surface area contributed by atoms with Crippen LogP contribution in [0.15, 0.2) is 47.3 Å². The molecule has 1 aromatic heterocycles. The number of alkyl halides is 3. The van der Waals surface area contributed by atoms with Gasteiger partial charge in [0.05, 0.1) is 29.8 Å². The molecule has 0 radical (unpaired) electrons. The molecule has 2 aromatic carbocycles. The monoisotopic (exact) mass is 436 g/mol. The van der Waals surface area contributed by atoms with Crippen molar-refractivity contribution in [3.05, 3.63) is 63.9 Å². The number of nitrogens with zero attached hydrogens (tertiary/aromatic N) is 2. The van der Waals surface area contributed by atoms with Gasteiger partial charge in [-0.15, -0.1) is 13.2 Å². The Hall–Kier alpha value is -3.40. The van der Waals surface area contributed by atoms with Crippen LogP contribution in [-0.4, -0.2) is 35.8 Å². The van der Waals surface area contributed by atoms with Gasteiger partial charge in [-0.3, -0.25) is 4.79 Å². The van der Waals surface area contributed by atoms with Crippen molar-refractivity contribution in [3.8, 4) is 11.4 Å². The summed E-state index contributed by atoms with van der Waals surface area (Å²) in [4.78, 5) is 25.3. The highest BCUT2D eigenvalue weighted by Crippen LogP contribution is 2.27. The fourth-order valence-electron chi connectivity index (χ4n) is 3.19. The number of ether oxygens (including phenoxy) is 3. The number of hydrogen-bond donors (Lipinski definition) is 0. The molecule has 3 aromatic rings. The predicted octanol–water partition coefficient (Wildman–Crippen LogP) is 4.17. The van der Waals surface area contributed by atoms with Crippen LogP contribution in [0.4, 0.5) is 13.2 Å². The summed E-state index contributed by atoms with van der Waals surface area (Å²) in [6, 6.07) is 9.90. The molecule has 10 heteroatoms. The van der Waals surface area contributed by atoms with E-state index in [0.717, 1.165) is 19.2 Å². The van der Waals surface area contributed by atoms with Crippen molar-refractivity contribution < 1.29 is 32.2 Å². The maximum Gasteiger partial charge on any atom is 0.573 e. The van der Waals surface area contributed by atoms with E-state index in [1.165, 1.54) is 16.8 Å². The predicted molar refractivity (Wildman–Crippen MR) is 105 cm³/mol. The van der Waals surface area contributed by atoms with Crippen LogP contribution in [0.1, 0.15) is 36.0 Å². The number of hydrogen-bond acceptors (Lipinski definition) is 6. The van der Waals surface area contributed by atoms with Gasteiger partial charge in [0.25, 0.3) is 0 Å². The van der Waals surface area contributed by atoms with Gasteiger partial charge in [-0.2, -0.15) is 5.10 Å². The number of aromatic nitrogens is 2. The van der Waals surface area contributed by atoms with Gasteiger partial charge in [-0.25, -0.2) is 9.48 Å². The molecule has 0 saturated heterocycles. The lowest BCUT2D eigenvalue weighted by atomic mass is 10.0. The molecule has 1 atom stereocenters. The molecule has 0 saturated carbocycles. The minimum absolute atomic E-state index is 0.203. The fourth-order valence-corrected chi connectivity index (χ4v) is 3.19. The van der Waals surface area contributed by atoms with E-state index in [2.05, 4.69) is 14.6 Å². The highest BCUT2D eigenvalue weighted by Gasteiger charge is 2.31. The Bertz CT molecular complexity index is 1160. The van der Waals surface area contributed by atoms with E-state index < -0.39 is 35.3 Å². The molecular formula is C21H19F3N2O5. The third-order valence-electron chi connectivity index (χ3n) is 4.49. The molecule has 0 aliphatic rings. The molecule has 0 bridgehead atoms. The molecule has 164 valence electrons. The third-order valence-corrected chi connectivity index (χ3v) is 4.49. The van der Waals surface area contributed by atoms with E-state index in [1.54, 1.807) is 25.1 Å². The molecular weight excluding hydrogens is 417 g/mol. The Morgan fingerprint density at radius 2 is 1.84 bits per heavy atom. The number of halogens is 3. The van der Waals surface area contributed by atoms with E-state index in [1.807, 2.05) is 6.92 Å². The summed E-state index contributed by atoms with van der Waals surface area (Å²) in [6.45, 7) is 3.98. The van der Waals surface area contributed by atoms with E-state index in [0.29, 0.717) is 23.4 Å². The first-order chi connectivity index (χ1) is 14.7. The normalized spacial score (nSPS) is 12.6. The van der Waals surface area contributed by atoms with Gasteiger partial charge in [0, 0.05) is 6.61 Å². The van der Waals surface area contributed by atoms with Gasteiger partial charge in [-0.05, 0) is 49.7 Å². The Kier molecular flexibility index (Phi) is 6.30. The van der Waals surface area contributed by atoms with Crippen molar-refractivity contribution in [3.63, 3.8) is 0 Å². The summed E-state index contributed by atoms with van der Waals surface area (Å²) in [6.07, 6.45) is -5.28. The van der Waals surface area contributed by atoms with Crippen molar-refractivity contribution in [2.45, 2.75) is 26.3 Å². The van der Waals surface area contributed by atoms with Crippen LogP contribution in [0, 0.1) is 0 Å². The summed E-state index contributed by atoms with van der Waals surface area (Å²) in [7, 11) is 1.12. The molecule has 0 N–H and O–H groups in total. The van der Waals surface area contributed by atoms with Gasteiger partial charge in [0.2, 0.25) is 11.1 Å². The molecule has 0 aliphatic carbocycles. The Morgan fingerprint density at radius 1 is 1.16 bits per heavy atom. The SMILES string of the molecule is CCOC(C)c1cccc2c1c(=O)c(C(=O)OC)nn2-c1ccc(OC(F)(F)F)cc1. The fraction of sp³-hybridized carbons (Fsp3) is 0.286. The average Bonchev–Trinajstić information content (AvgIpc) is 2.73. The number of methoxy groups -OCH3 is 1. The second-order valence-corrected chi connectivity index (χ2v) is 6.46. The maximum atomic E-state index is 13.1. The third kappa shape index (κ3) is 4.69. The minimum Gasteiger partial charge on any atom is -0.464 e. The summed E-state index contributed by atoms with van der Waals surface area (Å²) in [5.41, 5.74) is 0.124. The topological polar surface area (TPSA) is 79.7 Å². The molecule has 0 fully saturated rings. The molecule has 0 amide bonds. The smallest absolute Gasteiger partial charge is 0.464 e. The van der Waals surface area contributed by atoms with Crippen LogP contribution in [0.2, 0.25) is 0 Å². The second-order valence-electron chi connectivity index (χ2n) is 6.46. The molecule has 3 rings (SSSR count). The quantitative estimate of drug-likeness (QED) is 0.540. The van der Waals surface area contributed by atoms with Gasteiger partial charge in [0.15, 0.2) is 0 Å². The first-order valence-corrected chi connectivity index (χ1v) is 9.28. The lowest BCUT2D eigenvalue weighted by Gasteiger charge is -2.17. The molecule has 1 heterocycles. The standard InChI is InChI=1S/C21H19F3N2O5/c1-4-30-12(2)15-6-5-7-16-17(15)19(27)18(20(28)29-3)25-26(16)13-8-10-14(11-9-13)31-21(22,23)24/h5-12H,4H2,1-3H3. The van der Waals surface area contributed by atoms with E-state index in [9.17, 15) is 22.8 Å². The second kappa shape index (κ2) is 8.76. The highest BCUT2D eigenvalue weighted by molar-refractivity contribution is 5.93. The number of fused-ring (bicyclic) bond motifs is 1. The van der Waals surface area contributed by atoms with Crippen molar-refractivity contribution in [1.29, 1.82) is 0 Å². The van der Waals surface area contributed by atoms with Crippen LogP contribution in [0.5, 0.6) is 5.75 Å². The zero-order valence-electron chi connectivity index (χ0n) is 16.9. The van der Waals surface area contributed by atoms with Crippen molar-refractivity contribution >= 4 is 16.9 Å². The van der Waals surface area contributed by atoms with Crippen LogP contribution < -0.4 is 10.2 Å². The van der Waals surface area contributed by atoms with E-state index in [4.69, 9.17) is 4.74 Å². The van der Waals surface area contributed by atoms with Crippen LogP contribution >= 0.6 is 0 Å². The Balaban J connectivity index is 2.26. The number of rotatable bonds is 6. The zero-order chi connectivity index (χ0) is 22.8. The van der Waals surface area contributed by atoms with Crippen molar-refractivity contribution in [2.75, 3.05) is 13.7 Å².